The van der Waals surface area contributed by atoms with Crippen LogP contribution < -0.4 is 4.74 Å². The fourth-order valence-corrected chi connectivity index (χ4v) is 2.15. The highest BCUT2D eigenvalue weighted by Gasteiger charge is 2.09. The van der Waals surface area contributed by atoms with Gasteiger partial charge in [-0.1, -0.05) is 46.3 Å². The maximum absolute atomic E-state index is 9.70. The standard InChI is InChI=1S/C14H13BrO3/c15-8-12-13(16)6-11(7-14(12)17)18-9-10-4-2-1-3-5-10/h1-7,16-17H,8-9H2. The van der Waals surface area contributed by atoms with Crippen molar-refractivity contribution >= 4 is 15.9 Å². The predicted molar refractivity (Wildman–Crippen MR) is 73.2 cm³/mol. The van der Waals surface area contributed by atoms with Crippen LogP contribution in [0.2, 0.25) is 0 Å². The van der Waals surface area contributed by atoms with Crippen LogP contribution in [0.15, 0.2) is 42.5 Å². The number of hydrogen-bond donors (Lipinski definition) is 2. The Bertz CT molecular complexity index is 503. The van der Waals surface area contributed by atoms with Crippen molar-refractivity contribution in [3.05, 3.63) is 53.6 Å². The molecule has 2 aromatic carbocycles. The molecule has 0 bridgehead atoms. The normalized spacial score (nSPS) is 10.3. The summed E-state index contributed by atoms with van der Waals surface area (Å²) in [4.78, 5) is 0. The first-order chi connectivity index (χ1) is 8.70. The minimum Gasteiger partial charge on any atom is -0.507 e. The third-order valence-corrected chi connectivity index (χ3v) is 3.12. The van der Waals surface area contributed by atoms with E-state index in [-0.39, 0.29) is 11.5 Å². The number of halogens is 1. The van der Waals surface area contributed by atoms with Crippen molar-refractivity contribution in [3.63, 3.8) is 0 Å². The molecular formula is C14H13BrO3. The van der Waals surface area contributed by atoms with Crippen LogP contribution in [0.4, 0.5) is 0 Å². The van der Waals surface area contributed by atoms with E-state index in [1.165, 1.54) is 12.1 Å². The number of benzene rings is 2. The molecule has 2 aromatic rings. The van der Waals surface area contributed by atoms with Gasteiger partial charge in [-0.25, -0.2) is 0 Å². The predicted octanol–water partition coefficient (Wildman–Crippen LogP) is 3.57. The van der Waals surface area contributed by atoms with Gasteiger partial charge in [0.25, 0.3) is 0 Å². The molecule has 0 atom stereocenters. The summed E-state index contributed by atoms with van der Waals surface area (Å²) in [5, 5.41) is 19.8. The summed E-state index contributed by atoms with van der Waals surface area (Å²) in [5.41, 5.74) is 1.49. The Labute approximate surface area is 114 Å². The van der Waals surface area contributed by atoms with E-state index in [1.807, 2.05) is 30.3 Å². The quantitative estimate of drug-likeness (QED) is 0.849. The summed E-state index contributed by atoms with van der Waals surface area (Å²) in [6.07, 6.45) is 0. The van der Waals surface area contributed by atoms with Crippen molar-refractivity contribution in [3.8, 4) is 17.2 Å². The molecule has 0 aromatic heterocycles. The number of aromatic hydroxyl groups is 2. The van der Waals surface area contributed by atoms with Gasteiger partial charge in [-0.2, -0.15) is 0 Å². The lowest BCUT2D eigenvalue weighted by Crippen LogP contribution is -1.95. The van der Waals surface area contributed by atoms with Crippen LogP contribution in [0.5, 0.6) is 17.2 Å². The Hall–Kier alpha value is -1.68. The first kappa shape index (κ1) is 12.8. The van der Waals surface area contributed by atoms with E-state index in [4.69, 9.17) is 4.74 Å². The van der Waals surface area contributed by atoms with Crippen molar-refractivity contribution in [2.75, 3.05) is 0 Å². The second-order valence-corrected chi connectivity index (χ2v) is 4.41. The monoisotopic (exact) mass is 308 g/mol. The molecule has 0 fully saturated rings. The van der Waals surface area contributed by atoms with Gasteiger partial charge in [-0.05, 0) is 5.56 Å². The highest BCUT2D eigenvalue weighted by molar-refractivity contribution is 9.08. The summed E-state index contributed by atoms with van der Waals surface area (Å²) in [6, 6.07) is 12.7. The van der Waals surface area contributed by atoms with Gasteiger partial charge in [-0.3, -0.25) is 0 Å². The number of phenols is 2. The smallest absolute Gasteiger partial charge is 0.127 e. The van der Waals surface area contributed by atoms with E-state index in [2.05, 4.69) is 15.9 Å². The van der Waals surface area contributed by atoms with Crippen LogP contribution in [-0.2, 0) is 11.9 Å². The van der Waals surface area contributed by atoms with Gasteiger partial charge in [0.05, 0.1) is 0 Å². The zero-order valence-corrected chi connectivity index (χ0v) is 11.2. The van der Waals surface area contributed by atoms with Crippen LogP contribution >= 0.6 is 15.9 Å². The molecule has 0 spiro atoms. The van der Waals surface area contributed by atoms with Gasteiger partial charge in [0.1, 0.15) is 23.9 Å². The highest BCUT2D eigenvalue weighted by Crippen LogP contribution is 2.34. The van der Waals surface area contributed by atoms with Gasteiger partial charge in [0, 0.05) is 23.0 Å². The molecule has 4 heteroatoms. The summed E-state index contributed by atoms with van der Waals surface area (Å²) in [5.74, 6) is 0.489. The molecular weight excluding hydrogens is 296 g/mol. The molecule has 0 saturated carbocycles. The van der Waals surface area contributed by atoms with E-state index in [0.29, 0.717) is 23.2 Å². The maximum Gasteiger partial charge on any atom is 0.127 e. The van der Waals surface area contributed by atoms with E-state index >= 15 is 0 Å². The molecule has 3 nitrogen and oxygen atoms in total. The van der Waals surface area contributed by atoms with Crippen molar-refractivity contribution in [1.29, 1.82) is 0 Å². The molecule has 0 radical (unpaired) electrons. The molecule has 0 unspecified atom stereocenters. The molecule has 94 valence electrons. The third kappa shape index (κ3) is 2.96. The SMILES string of the molecule is Oc1cc(OCc2ccccc2)cc(O)c1CBr. The molecule has 0 saturated heterocycles. The largest absolute Gasteiger partial charge is 0.507 e. The first-order valence-electron chi connectivity index (χ1n) is 5.48. The first-order valence-corrected chi connectivity index (χ1v) is 6.60. The lowest BCUT2D eigenvalue weighted by molar-refractivity contribution is 0.302. The van der Waals surface area contributed by atoms with Gasteiger partial charge >= 0.3 is 0 Å². The Balaban J connectivity index is 2.11. The van der Waals surface area contributed by atoms with Gasteiger partial charge in [0.2, 0.25) is 0 Å². The Morgan fingerprint density at radius 3 is 2.17 bits per heavy atom. The summed E-state index contributed by atoms with van der Waals surface area (Å²) >= 11 is 3.20. The van der Waals surface area contributed by atoms with Gasteiger partial charge in [-0.15, -0.1) is 0 Å². The number of ether oxygens (including phenoxy) is 1. The molecule has 18 heavy (non-hydrogen) atoms. The molecule has 2 rings (SSSR count). The minimum absolute atomic E-state index is 0.0231. The molecule has 0 amide bonds. The zero-order valence-electron chi connectivity index (χ0n) is 9.64. The Kier molecular flexibility index (Phi) is 4.10. The maximum atomic E-state index is 9.70. The zero-order chi connectivity index (χ0) is 13.0. The lowest BCUT2D eigenvalue weighted by atomic mass is 10.2. The summed E-state index contributed by atoms with van der Waals surface area (Å²) < 4.78 is 5.52. The number of alkyl halides is 1. The molecule has 0 aliphatic rings. The van der Waals surface area contributed by atoms with E-state index < -0.39 is 0 Å². The van der Waals surface area contributed by atoms with Crippen LogP contribution in [0, 0.1) is 0 Å². The average molecular weight is 309 g/mol. The molecule has 2 N–H and O–H groups in total. The summed E-state index contributed by atoms with van der Waals surface area (Å²) in [7, 11) is 0. The van der Waals surface area contributed by atoms with Crippen molar-refractivity contribution in [1.82, 2.24) is 0 Å². The van der Waals surface area contributed by atoms with E-state index in [9.17, 15) is 10.2 Å². The van der Waals surface area contributed by atoms with Gasteiger partial charge < -0.3 is 14.9 Å². The van der Waals surface area contributed by atoms with Crippen molar-refractivity contribution < 1.29 is 14.9 Å². The highest BCUT2D eigenvalue weighted by atomic mass is 79.9. The van der Waals surface area contributed by atoms with E-state index in [0.717, 1.165) is 5.56 Å². The van der Waals surface area contributed by atoms with Crippen LogP contribution in [0.3, 0.4) is 0 Å². The summed E-state index contributed by atoms with van der Waals surface area (Å²) in [6.45, 7) is 0.396. The van der Waals surface area contributed by atoms with Crippen molar-refractivity contribution in [2.24, 2.45) is 0 Å². The molecule has 0 aliphatic carbocycles. The minimum atomic E-state index is 0.0231. The van der Waals surface area contributed by atoms with Crippen LogP contribution in [0.25, 0.3) is 0 Å². The lowest BCUT2D eigenvalue weighted by Gasteiger charge is -2.10. The number of hydrogen-bond acceptors (Lipinski definition) is 3. The number of rotatable bonds is 4. The third-order valence-electron chi connectivity index (χ3n) is 2.56. The fourth-order valence-electron chi connectivity index (χ4n) is 1.58. The molecule has 0 heterocycles. The van der Waals surface area contributed by atoms with Crippen molar-refractivity contribution in [2.45, 2.75) is 11.9 Å². The number of phenolic OH excluding ortho intramolecular Hbond substituents is 2. The second-order valence-electron chi connectivity index (χ2n) is 3.85. The average Bonchev–Trinajstić information content (AvgIpc) is 2.37. The molecule has 0 aliphatic heterocycles. The van der Waals surface area contributed by atoms with Crippen LogP contribution in [0.1, 0.15) is 11.1 Å². The Morgan fingerprint density at radius 2 is 1.61 bits per heavy atom. The Morgan fingerprint density at radius 1 is 1.00 bits per heavy atom. The van der Waals surface area contributed by atoms with Gasteiger partial charge in [0.15, 0.2) is 0 Å². The van der Waals surface area contributed by atoms with E-state index in [1.54, 1.807) is 0 Å². The topological polar surface area (TPSA) is 49.7 Å². The fraction of sp³-hybridized carbons (Fsp3) is 0.143. The second kappa shape index (κ2) is 5.78. The van der Waals surface area contributed by atoms with Crippen LogP contribution in [-0.4, -0.2) is 10.2 Å².